The smallest absolute Gasteiger partial charge is 0.362 e. The van der Waals surface area contributed by atoms with Crippen LogP contribution in [-0.4, -0.2) is 14.9 Å². The Bertz CT molecular complexity index is 916. The molecule has 0 radical (unpaired) electrons. The molecule has 0 aliphatic rings. The van der Waals surface area contributed by atoms with Gasteiger partial charge in [0.15, 0.2) is 0 Å². The summed E-state index contributed by atoms with van der Waals surface area (Å²) in [5.41, 5.74) is 0.134. The molecule has 0 fully saturated rings. The van der Waals surface area contributed by atoms with Gasteiger partial charge in [-0.25, -0.2) is 9.18 Å². The third-order valence-corrected chi connectivity index (χ3v) is 4.09. The molecule has 1 heterocycles. The van der Waals surface area contributed by atoms with E-state index in [1.807, 2.05) is 24.3 Å². The minimum absolute atomic E-state index is 0.0156. The topological polar surface area (TPSA) is 75.1 Å². The maximum absolute atomic E-state index is 12.9. The first-order chi connectivity index (χ1) is 11.0. The van der Waals surface area contributed by atoms with Crippen LogP contribution in [0.3, 0.4) is 0 Å². The van der Waals surface area contributed by atoms with Crippen LogP contribution in [-0.2, 0) is 0 Å². The second-order valence-electron chi connectivity index (χ2n) is 4.72. The Hall–Kier alpha value is -2.80. The van der Waals surface area contributed by atoms with Crippen LogP contribution in [0.1, 0.15) is 0 Å². The molecule has 0 atom stereocenters. The van der Waals surface area contributed by atoms with Gasteiger partial charge in [-0.1, -0.05) is 40.8 Å². The zero-order valence-electron chi connectivity index (χ0n) is 11.7. The van der Waals surface area contributed by atoms with E-state index in [0.717, 1.165) is 22.1 Å². The second-order valence-corrected chi connectivity index (χ2v) is 5.84. The molecule has 0 aliphatic carbocycles. The van der Waals surface area contributed by atoms with Gasteiger partial charge in [0.05, 0.1) is 5.03 Å². The van der Waals surface area contributed by atoms with Gasteiger partial charge in [-0.3, -0.25) is 9.78 Å². The summed E-state index contributed by atoms with van der Waals surface area (Å²) in [7, 11) is 0. The molecule has 2 aromatic carbocycles. The van der Waals surface area contributed by atoms with Crippen molar-refractivity contribution in [3.8, 4) is 11.1 Å². The molecule has 0 saturated heterocycles. The van der Waals surface area contributed by atoms with Crippen molar-refractivity contribution in [3.63, 3.8) is 0 Å². The highest BCUT2D eigenvalue weighted by Gasteiger charge is 2.05. The van der Waals surface area contributed by atoms with E-state index >= 15 is 0 Å². The van der Waals surface area contributed by atoms with E-state index < -0.39 is 11.2 Å². The number of aromatic nitrogens is 2. The Morgan fingerprint density at radius 3 is 2.09 bits per heavy atom. The monoisotopic (exact) mass is 330 g/mol. The van der Waals surface area contributed by atoms with Crippen molar-refractivity contribution in [1.82, 2.24) is 9.71 Å². The van der Waals surface area contributed by atoms with Gasteiger partial charge in [-0.05, 0) is 35.4 Å². The zero-order valence-corrected chi connectivity index (χ0v) is 12.5. The van der Waals surface area contributed by atoms with Crippen molar-refractivity contribution in [2.45, 2.75) is 9.92 Å². The summed E-state index contributed by atoms with van der Waals surface area (Å²) in [6.45, 7) is 0. The van der Waals surface area contributed by atoms with Crippen molar-refractivity contribution in [2.75, 3.05) is 0 Å². The Morgan fingerprint density at radius 1 is 0.957 bits per heavy atom. The highest BCUT2D eigenvalue weighted by molar-refractivity contribution is 7.99. The molecule has 0 saturated carbocycles. The lowest BCUT2D eigenvalue weighted by Gasteiger charge is -2.05. The Morgan fingerprint density at radius 2 is 1.52 bits per heavy atom. The van der Waals surface area contributed by atoms with Gasteiger partial charge in [0.2, 0.25) is 0 Å². The highest BCUT2D eigenvalue weighted by Crippen LogP contribution is 2.27. The first-order valence-corrected chi connectivity index (χ1v) is 7.44. The molecule has 0 spiro atoms. The third-order valence-electron chi connectivity index (χ3n) is 3.15. The van der Waals surface area contributed by atoms with Crippen molar-refractivity contribution < 1.29 is 9.60 Å². The van der Waals surface area contributed by atoms with E-state index in [4.69, 9.17) is 5.21 Å². The number of H-pyrrole nitrogens is 1. The summed E-state index contributed by atoms with van der Waals surface area (Å²) in [6.07, 6.45) is 0. The SMILES string of the molecule is O=c1cc(Sc2ccc(-c3ccc(F)cc3)cc2)[nH]c(=O)n1O. The minimum Gasteiger partial charge on any atom is -0.421 e. The minimum atomic E-state index is -0.886. The lowest BCUT2D eigenvalue weighted by atomic mass is 10.1. The lowest BCUT2D eigenvalue weighted by molar-refractivity contribution is 0.159. The summed E-state index contributed by atoms with van der Waals surface area (Å²) in [5, 5.41) is 9.44. The van der Waals surface area contributed by atoms with E-state index in [1.54, 1.807) is 12.1 Å². The number of nitrogens with zero attached hydrogens (tertiary/aromatic N) is 1. The van der Waals surface area contributed by atoms with Crippen LogP contribution in [0.25, 0.3) is 11.1 Å². The van der Waals surface area contributed by atoms with Crippen molar-refractivity contribution >= 4 is 11.8 Å². The molecule has 7 heteroatoms. The summed E-state index contributed by atoms with van der Waals surface area (Å²) in [4.78, 5) is 25.9. The average Bonchev–Trinajstić information content (AvgIpc) is 2.54. The Kier molecular flexibility index (Phi) is 4.03. The molecule has 0 bridgehead atoms. The molecule has 0 aliphatic heterocycles. The van der Waals surface area contributed by atoms with E-state index in [0.29, 0.717) is 5.03 Å². The van der Waals surface area contributed by atoms with Crippen LogP contribution in [0.15, 0.2) is 74.1 Å². The van der Waals surface area contributed by atoms with Crippen LogP contribution >= 0.6 is 11.8 Å². The largest absolute Gasteiger partial charge is 0.421 e. The van der Waals surface area contributed by atoms with Gasteiger partial charge in [0.1, 0.15) is 5.82 Å². The molecular formula is C16H11FN2O3S. The van der Waals surface area contributed by atoms with Crippen LogP contribution in [0, 0.1) is 5.82 Å². The summed E-state index contributed by atoms with van der Waals surface area (Å²) in [5.74, 6) is -0.288. The highest BCUT2D eigenvalue weighted by atomic mass is 32.2. The Labute approximate surface area is 134 Å². The van der Waals surface area contributed by atoms with Crippen LogP contribution < -0.4 is 11.2 Å². The maximum Gasteiger partial charge on any atom is 0.362 e. The van der Waals surface area contributed by atoms with E-state index in [1.165, 1.54) is 23.9 Å². The quantitative estimate of drug-likeness (QED) is 0.572. The molecular weight excluding hydrogens is 319 g/mol. The number of hydrogen-bond donors (Lipinski definition) is 2. The van der Waals surface area contributed by atoms with Crippen molar-refractivity contribution in [1.29, 1.82) is 0 Å². The number of rotatable bonds is 3. The van der Waals surface area contributed by atoms with Gasteiger partial charge in [-0.15, -0.1) is 0 Å². The first kappa shape index (κ1) is 15.1. The van der Waals surface area contributed by atoms with Gasteiger partial charge in [0, 0.05) is 11.0 Å². The molecule has 5 nitrogen and oxygen atoms in total. The van der Waals surface area contributed by atoms with Crippen LogP contribution in [0.5, 0.6) is 0 Å². The number of benzene rings is 2. The molecule has 116 valence electrons. The average molecular weight is 330 g/mol. The summed E-state index contributed by atoms with van der Waals surface area (Å²) >= 11 is 1.19. The van der Waals surface area contributed by atoms with Gasteiger partial charge >= 0.3 is 5.69 Å². The normalized spacial score (nSPS) is 10.7. The number of hydrogen-bond acceptors (Lipinski definition) is 4. The maximum atomic E-state index is 12.9. The molecule has 0 unspecified atom stereocenters. The molecule has 3 rings (SSSR count). The summed E-state index contributed by atoms with van der Waals surface area (Å²) in [6, 6.07) is 14.7. The standard InChI is InChI=1S/C16H11FN2O3S/c17-12-5-1-10(2-6-12)11-3-7-13(8-4-11)23-14-9-15(20)19(22)16(21)18-14/h1-9,22H,(H,18,21). The van der Waals surface area contributed by atoms with E-state index in [9.17, 15) is 14.0 Å². The van der Waals surface area contributed by atoms with E-state index in [-0.39, 0.29) is 10.5 Å². The first-order valence-electron chi connectivity index (χ1n) is 6.62. The fourth-order valence-corrected chi connectivity index (χ4v) is 2.83. The number of nitrogens with one attached hydrogen (secondary N) is 1. The number of halogens is 1. The van der Waals surface area contributed by atoms with Crippen LogP contribution in [0.4, 0.5) is 4.39 Å². The van der Waals surface area contributed by atoms with Gasteiger partial charge < -0.3 is 5.21 Å². The molecule has 1 aromatic heterocycles. The molecule has 23 heavy (non-hydrogen) atoms. The predicted octanol–water partition coefficient (Wildman–Crippen LogP) is 2.73. The molecule has 3 aromatic rings. The second kappa shape index (κ2) is 6.13. The third kappa shape index (κ3) is 3.35. The molecule has 2 N–H and O–H groups in total. The lowest BCUT2D eigenvalue weighted by Crippen LogP contribution is -2.32. The number of aromatic amines is 1. The fourth-order valence-electron chi connectivity index (χ4n) is 2.01. The predicted molar refractivity (Wildman–Crippen MR) is 84.5 cm³/mol. The molecule has 0 amide bonds. The van der Waals surface area contributed by atoms with Crippen molar-refractivity contribution in [3.05, 3.63) is 81.3 Å². The van der Waals surface area contributed by atoms with E-state index in [2.05, 4.69) is 4.98 Å². The zero-order chi connectivity index (χ0) is 16.4. The fraction of sp³-hybridized carbons (Fsp3) is 0. The Balaban J connectivity index is 1.84. The van der Waals surface area contributed by atoms with Gasteiger partial charge in [0.25, 0.3) is 5.56 Å². The van der Waals surface area contributed by atoms with Gasteiger partial charge in [-0.2, -0.15) is 0 Å². The van der Waals surface area contributed by atoms with Crippen LogP contribution in [0.2, 0.25) is 0 Å². The van der Waals surface area contributed by atoms with Crippen molar-refractivity contribution in [2.24, 2.45) is 0 Å². The summed E-state index contributed by atoms with van der Waals surface area (Å²) < 4.78 is 12.9.